The van der Waals surface area contributed by atoms with Gasteiger partial charge in [0, 0.05) is 6.20 Å². The van der Waals surface area contributed by atoms with E-state index in [2.05, 4.69) is 36.2 Å². The third-order valence-electron chi connectivity index (χ3n) is 2.52. The molecule has 0 unspecified atom stereocenters. The Hall–Kier alpha value is -2.08. The van der Waals surface area contributed by atoms with Crippen LogP contribution < -0.4 is 0 Å². The molecule has 0 atom stereocenters. The molecule has 0 aliphatic heterocycles. The highest BCUT2D eigenvalue weighted by Crippen LogP contribution is 2.18. The van der Waals surface area contributed by atoms with E-state index in [1.165, 1.54) is 16.8 Å². The van der Waals surface area contributed by atoms with Gasteiger partial charge in [-0.25, -0.2) is 9.07 Å². The lowest BCUT2D eigenvalue weighted by atomic mass is 10.2. The van der Waals surface area contributed by atoms with Crippen molar-refractivity contribution < 1.29 is 4.39 Å². The van der Waals surface area contributed by atoms with Crippen LogP contribution in [0.4, 0.5) is 4.39 Å². The SMILES string of the molecule is C[Si](C)(C)C#Cc1cn(-c2cc(F)cc(C#N)c2)nc1Cl. The predicted octanol–water partition coefficient (Wildman–Crippen LogP) is 3.77. The van der Waals surface area contributed by atoms with Crippen LogP contribution in [0.5, 0.6) is 0 Å². The van der Waals surface area contributed by atoms with Crippen molar-refractivity contribution in [2.45, 2.75) is 19.6 Å². The Bertz CT molecular complexity index is 788. The molecule has 6 heteroatoms. The van der Waals surface area contributed by atoms with Gasteiger partial charge in [0.15, 0.2) is 5.15 Å². The fourth-order valence-corrected chi connectivity index (χ4v) is 2.28. The number of nitriles is 1. The van der Waals surface area contributed by atoms with Crippen molar-refractivity contribution in [3.05, 3.63) is 46.5 Å². The van der Waals surface area contributed by atoms with Gasteiger partial charge in [-0.3, -0.25) is 0 Å². The zero-order chi connectivity index (χ0) is 15.6. The van der Waals surface area contributed by atoms with Crippen LogP contribution in [0.2, 0.25) is 24.8 Å². The van der Waals surface area contributed by atoms with Gasteiger partial charge < -0.3 is 0 Å². The molecule has 1 aromatic heterocycles. The van der Waals surface area contributed by atoms with Crippen LogP contribution in [0.25, 0.3) is 5.69 Å². The molecule has 0 amide bonds. The summed E-state index contributed by atoms with van der Waals surface area (Å²) in [6.45, 7) is 6.39. The molecule has 0 N–H and O–H groups in total. The summed E-state index contributed by atoms with van der Waals surface area (Å²) in [7, 11) is -1.52. The third-order valence-corrected chi connectivity index (χ3v) is 3.67. The lowest BCUT2D eigenvalue weighted by Crippen LogP contribution is -2.16. The molecule has 0 saturated heterocycles. The first kappa shape index (κ1) is 15.3. The summed E-state index contributed by atoms with van der Waals surface area (Å²) in [6, 6.07) is 5.91. The van der Waals surface area contributed by atoms with Gasteiger partial charge in [0.2, 0.25) is 0 Å². The van der Waals surface area contributed by atoms with Crippen molar-refractivity contribution in [1.29, 1.82) is 5.26 Å². The van der Waals surface area contributed by atoms with Crippen molar-refractivity contribution in [2.75, 3.05) is 0 Å². The molecule has 2 rings (SSSR count). The van der Waals surface area contributed by atoms with E-state index in [1.807, 2.05) is 6.07 Å². The van der Waals surface area contributed by atoms with Crippen LogP contribution in [0.1, 0.15) is 11.1 Å². The summed E-state index contributed by atoms with van der Waals surface area (Å²) in [4.78, 5) is 0. The first-order chi connectivity index (χ1) is 9.78. The molecule has 2 aromatic rings. The second-order valence-electron chi connectivity index (χ2n) is 5.59. The van der Waals surface area contributed by atoms with Gasteiger partial charge in [-0.15, -0.1) is 5.54 Å². The van der Waals surface area contributed by atoms with E-state index in [-0.39, 0.29) is 10.7 Å². The highest BCUT2D eigenvalue weighted by atomic mass is 35.5. The number of rotatable bonds is 1. The largest absolute Gasteiger partial charge is 0.238 e. The molecule has 0 radical (unpaired) electrons. The van der Waals surface area contributed by atoms with Gasteiger partial charge in [0.25, 0.3) is 0 Å². The minimum absolute atomic E-state index is 0.228. The topological polar surface area (TPSA) is 41.6 Å². The summed E-state index contributed by atoms with van der Waals surface area (Å²) in [5.41, 5.74) is 4.47. The Balaban J connectivity index is 2.46. The molecule has 0 aliphatic carbocycles. The van der Waals surface area contributed by atoms with E-state index in [0.717, 1.165) is 0 Å². The van der Waals surface area contributed by atoms with Gasteiger partial charge in [-0.05, 0) is 18.2 Å². The molecule has 1 aromatic carbocycles. The van der Waals surface area contributed by atoms with Crippen molar-refractivity contribution in [1.82, 2.24) is 9.78 Å². The van der Waals surface area contributed by atoms with Crippen LogP contribution in [-0.4, -0.2) is 17.9 Å². The summed E-state index contributed by atoms with van der Waals surface area (Å²) >= 11 is 6.06. The van der Waals surface area contributed by atoms with E-state index in [0.29, 0.717) is 11.3 Å². The van der Waals surface area contributed by atoms with E-state index in [4.69, 9.17) is 16.9 Å². The van der Waals surface area contributed by atoms with Crippen LogP contribution >= 0.6 is 11.6 Å². The maximum atomic E-state index is 13.5. The van der Waals surface area contributed by atoms with Gasteiger partial charge in [0.05, 0.1) is 22.9 Å². The average Bonchev–Trinajstić information content (AvgIpc) is 2.76. The number of hydrogen-bond acceptors (Lipinski definition) is 2. The normalized spacial score (nSPS) is 10.7. The van der Waals surface area contributed by atoms with E-state index in [1.54, 1.807) is 12.3 Å². The standard InChI is InChI=1S/C15H13ClFN3Si/c1-21(2,3)5-4-12-10-20(19-15(12)16)14-7-11(9-18)6-13(17)8-14/h6-8,10H,1-3H3. The van der Waals surface area contributed by atoms with E-state index >= 15 is 0 Å². The van der Waals surface area contributed by atoms with E-state index < -0.39 is 13.9 Å². The second kappa shape index (κ2) is 5.73. The zero-order valence-electron chi connectivity index (χ0n) is 11.9. The monoisotopic (exact) mass is 317 g/mol. The molecule has 0 spiro atoms. The van der Waals surface area contributed by atoms with Crippen molar-refractivity contribution in [2.24, 2.45) is 0 Å². The maximum absolute atomic E-state index is 13.5. The fourth-order valence-electron chi connectivity index (χ4n) is 1.59. The molecule has 106 valence electrons. The van der Waals surface area contributed by atoms with Crippen LogP contribution in [-0.2, 0) is 0 Å². The summed E-state index contributed by atoms with van der Waals surface area (Å²) in [6.07, 6.45) is 1.64. The number of nitrogens with zero attached hydrogens (tertiary/aromatic N) is 3. The highest BCUT2D eigenvalue weighted by molar-refractivity contribution is 6.83. The van der Waals surface area contributed by atoms with Crippen LogP contribution in [0, 0.1) is 28.6 Å². The first-order valence-corrected chi connectivity index (χ1v) is 10.2. The van der Waals surface area contributed by atoms with Crippen molar-refractivity contribution >= 4 is 19.7 Å². The Kier molecular flexibility index (Phi) is 4.18. The van der Waals surface area contributed by atoms with Crippen molar-refractivity contribution in [3.8, 4) is 23.2 Å². The quantitative estimate of drug-likeness (QED) is 0.593. The summed E-state index contributed by atoms with van der Waals surface area (Å²) in [5.74, 6) is 2.53. The molecular weight excluding hydrogens is 305 g/mol. The second-order valence-corrected chi connectivity index (χ2v) is 10.7. The molecule has 0 aliphatic rings. The number of benzene rings is 1. The van der Waals surface area contributed by atoms with E-state index in [9.17, 15) is 4.39 Å². The molecular formula is C15H13ClFN3Si. The van der Waals surface area contributed by atoms with Gasteiger partial charge in [-0.2, -0.15) is 10.4 Å². The molecule has 3 nitrogen and oxygen atoms in total. The summed E-state index contributed by atoms with van der Waals surface area (Å²) in [5, 5.41) is 13.3. The van der Waals surface area contributed by atoms with Crippen LogP contribution in [0.3, 0.4) is 0 Å². The molecule has 0 fully saturated rings. The first-order valence-electron chi connectivity index (χ1n) is 6.28. The number of hydrogen-bond donors (Lipinski definition) is 0. The summed E-state index contributed by atoms with van der Waals surface area (Å²) < 4.78 is 14.9. The highest BCUT2D eigenvalue weighted by Gasteiger charge is 2.11. The average molecular weight is 318 g/mol. The van der Waals surface area contributed by atoms with Gasteiger partial charge in [0.1, 0.15) is 13.9 Å². The third kappa shape index (κ3) is 3.95. The smallest absolute Gasteiger partial charge is 0.167 e. The molecule has 0 bridgehead atoms. The molecule has 21 heavy (non-hydrogen) atoms. The maximum Gasteiger partial charge on any atom is 0.167 e. The molecule has 1 heterocycles. The Morgan fingerprint density at radius 3 is 2.62 bits per heavy atom. The lowest BCUT2D eigenvalue weighted by molar-refractivity contribution is 0.625. The van der Waals surface area contributed by atoms with Gasteiger partial charge in [-0.1, -0.05) is 37.2 Å². The number of halogens is 2. The Morgan fingerprint density at radius 2 is 2.00 bits per heavy atom. The lowest BCUT2D eigenvalue weighted by Gasteiger charge is -2.02. The predicted molar refractivity (Wildman–Crippen MR) is 83.5 cm³/mol. The molecule has 0 saturated carbocycles. The van der Waals surface area contributed by atoms with Crippen LogP contribution in [0.15, 0.2) is 24.4 Å². The zero-order valence-corrected chi connectivity index (χ0v) is 13.7. The minimum Gasteiger partial charge on any atom is -0.238 e. The minimum atomic E-state index is -1.52. The van der Waals surface area contributed by atoms with Crippen molar-refractivity contribution in [3.63, 3.8) is 0 Å². The van der Waals surface area contributed by atoms with Gasteiger partial charge >= 0.3 is 0 Å². The Labute approximate surface area is 129 Å². The number of aromatic nitrogens is 2. The fraction of sp³-hybridized carbons (Fsp3) is 0.200. The Morgan fingerprint density at radius 1 is 1.29 bits per heavy atom.